The predicted molar refractivity (Wildman–Crippen MR) is 73.1 cm³/mol. The summed E-state index contributed by atoms with van der Waals surface area (Å²) >= 11 is 1.66. The van der Waals surface area contributed by atoms with Gasteiger partial charge in [-0.3, -0.25) is 4.79 Å². The van der Waals surface area contributed by atoms with Crippen molar-refractivity contribution in [3.05, 3.63) is 24.3 Å². The Kier molecular flexibility index (Phi) is 6.50. The van der Waals surface area contributed by atoms with E-state index in [1.807, 2.05) is 0 Å². The summed E-state index contributed by atoms with van der Waals surface area (Å²) in [7, 11) is 0. The first-order valence-corrected chi connectivity index (χ1v) is 6.72. The van der Waals surface area contributed by atoms with Crippen molar-refractivity contribution in [2.45, 2.75) is 12.8 Å². The maximum atomic E-state index is 11.5. The molecule has 0 bridgehead atoms. The van der Waals surface area contributed by atoms with Gasteiger partial charge in [-0.15, -0.1) is 0 Å². The lowest BCUT2D eigenvalue weighted by Gasteiger charge is -2.05. The molecule has 0 radical (unpaired) electrons. The molecule has 0 aromatic heterocycles. The standard InChI is InChI=1S/C12H18N2O2S/c13-10-3-5-11(6-4-10)14-12(16)2-1-8-17-9-7-15/h3-6,15H,1-2,7-9,13H2,(H,14,16). The molecule has 0 aliphatic heterocycles. The van der Waals surface area contributed by atoms with Crippen LogP contribution >= 0.6 is 11.8 Å². The number of nitrogens with one attached hydrogen (secondary N) is 1. The molecule has 0 heterocycles. The molecule has 1 aromatic rings. The molecule has 0 saturated heterocycles. The van der Waals surface area contributed by atoms with Gasteiger partial charge in [0, 0.05) is 23.5 Å². The average molecular weight is 254 g/mol. The summed E-state index contributed by atoms with van der Waals surface area (Å²) in [6, 6.07) is 7.08. The van der Waals surface area contributed by atoms with Crippen molar-refractivity contribution in [3.63, 3.8) is 0 Å². The maximum absolute atomic E-state index is 11.5. The number of aliphatic hydroxyl groups is 1. The molecule has 0 fully saturated rings. The summed E-state index contributed by atoms with van der Waals surface area (Å²) in [5, 5.41) is 11.4. The quantitative estimate of drug-likeness (QED) is 0.511. The maximum Gasteiger partial charge on any atom is 0.224 e. The number of aliphatic hydroxyl groups excluding tert-OH is 1. The highest BCUT2D eigenvalue weighted by atomic mass is 32.2. The third-order valence-electron chi connectivity index (χ3n) is 2.12. The number of benzene rings is 1. The van der Waals surface area contributed by atoms with Crippen molar-refractivity contribution < 1.29 is 9.90 Å². The molecule has 17 heavy (non-hydrogen) atoms. The van der Waals surface area contributed by atoms with E-state index in [-0.39, 0.29) is 12.5 Å². The first kappa shape index (κ1) is 13.9. The van der Waals surface area contributed by atoms with Crippen LogP contribution in [-0.4, -0.2) is 29.1 Å². The van der Waals surface area contributed by atoms with Gasteiger partial charge in [-0.05, 0) is 36.4 Å². The van der Waals surface area contributed by atoms with E-state index in [4.69, 9.17) is 10.8 Å². The second-order valence-corrected chi connectivity index (χ2v) is 4.83. The van der Waals surface area contributed by atoms with Crippen molar-refractivity contribution >= 4 is 29.0 Å². The Balaban J connectivity index is 2.18. The Labute approximate surface area is 106 Å². The molecule has 4 nitrogen and oxygen atoms in total. The fourth-order valence-electron chi connectivity index (χ4n) is 1.29. The van der Waals surface area contributed by atoms with E-state index in [0.717, 1.165) is 23.6 Å². The number of carbonyl (C=O) groups excluding carboxylic acids is 1. The number of carbonyl (C=O) groups is 1. The van der Waals surface area contributed by atoms with Crippen LogP contribution in [-0.2, 0) is 4.79 Å². The predicted octanol–water partition coefficient (Wildman–Crippen LogP) is 1.71. The molecular formula is C12H18N2O2S. The lowest BCUT2D eigenvalue weighted by atomic mass is 10.2. The number of rotatable bonds is 7. The van der Waals surface area contributed by atoms with Crippen molar-refractivity contribution in [2.75, 3.05) is 29.2 Å². The molecule has 1 rings (SSSR count). The van der Waals surface area contributed by atoms with E-state index in [1.165, 1.54) is 0 Å². The van der Waals surface area contributed by atoms with Gasteiger partial charge in [-0.25, -0.2) is 0 Å². The molecule has 94 valence electrons. The van der Waals surface area contributed by atoms with E-state index in [1.54, 1.807) is 36.0 Å². The summed E-state index contributed by atoms with van der Waals surface area (Å²) < 4.78 is 0. The van der Waals surface area contributed by atoms with E-state index < -0.39 is 0 Å². The Morgan fingerprint density at radius 3 is 2.65 bits per heavy atom. The number of hydrogen-bond acceptors (Lipinski definition) is 4. The first-order chi connectivity index (χ1) is 8.22. The largest absolute Gasteiger partial charge is 0.399 e. The minimum absolute atomic E-state index is 0.0133. The van der Waals surface area contributed by atoms with Gasteiger partial charge < -0.3 is 16.2 Å². The van der Waals surface area contributed by atoms with Crippen LogP contribution in [0.2, 0.25) is 0 Å². The second kappa shape index (κ2) is 7.97. The Morgan fingerprint density at radius 1 is 1.29 bits per heavy atom. The minimum Gasteiger partial charge on any atom is -0.399 e. The van der Waals surface area contributed by atoms with Gasteiger partial charge >= 0.3 is 0 Å². The van der Waals surface area contributed by atoms with Crippen molar-refractivity contribution in [1.82, 2.24) is 0 Å². The van der Waals surface area contributed by atoms with Crippen molar-refractivity contribution in [2.24, 2.45) is 0 Å². The molecule has 0 aliphatic rings. The zero-order chi connectivity index (χ0) is 12.5. The number of anilines is 2. The Bertz CT molecular complexity index is 341. The molecule has 0 unspecified atom stereocenters. The van der Waals surface area contributed by atoms with Crippen LogP contribution in [0.5, 0.6) is 0 Å². The van der Waals surface area contributed by atoms with Gasteiger partial charge in [-0.2, -0.15) is 11.8 Å². The topological polar surface area (TPSA) is 75.3 Å². The molecule has 0 atom stereocenters. The third-order valence-corrected chi connectivity index (χ3v) is 3.17. The number of thioether (sulfide) groups is 1. The van der Waals surface area contributed by atoms with E-state index in [2.05, 4.69) is 5.32 Å². The lowest BCUT2D eigenvalue weighted by molar-refractivity contribution is -0.116. The molecule has 0 aliphatic carbocycles. The van der Waals surface area contributed by atoms with Crippen molar-refractivity contribution in [1.29, 1.82) is 0 Å². The molecule has 5 heteroatoms. The van der Waals surface area contributed by atoms with Crippen molar-refractivity contribution in [3.8, 4) is 0 Å². The Hall–Kier alpha value is -1.20. The van der Waals surface area contributed by atoms with Gasteiger partial charge in [0.05, 0.1) is 6.61 Å². The lowest BCUT2D eigenvalue weighted by Crippen LogP contribution is -2.11. The minimum atomic E-state index is 0.0133. The summed E-state index contributed by atoms with van der Waals surface area (Å²) in [6.45, 7) is 0.197. The number of hydrogen-bond donors (Lipinski definition) is 3. The monoisotopic (exact) mass is 254 g/mol. The highest BCUT2D eigenvalue weighted by Gasteiger charge is 2.01. The average Bonchev–Trinajstić information content (AvgIpc) is 2.32. The number of nitrogens with two attached hydrogens (primary N) is 1. The molecule has 0 saturated carbocycles. The Morgan fingerprint density at radius 2 is 2.00 bits per heavy atom. The summed E-state index contributed by atoms with van der Waals surface area (Å²) in [6.07, 6.45) is 1.33. The summed E-state index contributed by atoms with van der Waals surface area (Å²) in [5.74, 6) is 1.65. The van der Waals surface area contributed by atoms with Crippen LogP contribution in [0.3, 0.4) is 0 Å². The molecule has 0 spiro atoms. The van der Waals surface area contributed by atoms with Crippen LogP contribution in [0.15, 0.2) is 24.3 Å². The third kappa shape index (κ3) is 6.19. The van der Waals surface area contributed by atoms with Crippen LogP contribution in [0.1, 0.15) is 12.8 Å². The van der Waals surface area contributed by atoms with Crippen LogP contribution in [0, 0.1) is 0 Å². The van der Waals surface area contributed by atoms with Crippen LogP contribution in [0.25, 0.3) is 0 Å². The molecular weight excluding hydrogens is 236 g/mol. The van der Waals surface area contributed by atoms with Gasteiger partial charge in [0.15, 0.2) is 0 Å². The van der Waals surface area contributed by atoms with Crippen LogP contribution in [0.4, 0.5) is 11.4 Å². The molecule has 1 aromatic carbocycles. The van der Waals surface area contributed by atoms with E-state index in [0.29, 0.717) is 12.1 Å². The summed E-state index contributed by atoms with van der Waals surface area (Å²) in [5.41, 5.74) is 7.00. The van der Waals surface area contributed by atoms with Gasteiger partial charge in [0.1, 0.15) is 0 Å². The fourth-order valence-corrected chi connectivity index (χ4v) is 1.97. The number of amides is 1. The summed E-state index contributed by atoms with van der Waals surface area (Å²) in [4.78, 5) is 11.5. The van der Waals surface area contributed by atoms with Crippen LogP contribution < -0.4 is 11.1 Å². The zero-order valence-corrected chi connectivity index (χ0v) is 10.5. The smallest absolute Gasteiger partial charge is 0.224 e. The number of nitrogen functional groups attached to an aromatic ring is 1. The van der Waals surface area contributed by atoms with Gasteiger partial charge in [-0.1, -0.05) is 0 Å². The first-order valence-electron chi connectivity index (χ1n) is 5.56. The second-order valence-electron chi connectivity index (χ2n) is 3.61. The van der Waals surface area contributed by atoms with E-state index >= 15 is 0 Å². The highest BCUT2D eigenvalue weighted by molar-refractivity contribution is 7.99. The fraction of sp³-hybridized carbons (Fsp3) is 0.417. The normalized spacial score (nSPS) is 10.2. The highest BCUT2D eigenvalue weighted by Crippen LogP contribution is 2.11. The van der Waals surface area contributed by atoms with Gasteiger partial charge in [0.2, 0.25) is 5.91 Å². The molecule has 1 amide bonds. The SMILES string of the molecule is Nc1ccc(NC(=O)CCCSCCO)cc1. The zero-order valence-electron chi connectivity index (χ0n) is 9.69. The van der Waals surface area contributed by atoms with E-state index in [9.17, 15) is 4.79 Å². The van der Waals surface area contributed by atoms with Gasteiger partial charge in [0.25, 0.3) is 0 Å². The molecule has 4 N–H and O–H groups in total.